The molecule has 4 rings (SSSR count). The Hall–Kier alpha value is -4.07. The third-order valence-corrected chi connectivity index (χ3v) is 11.1. The van der Waals surface area contributed by atoms with Crippen LogP contribution in [-0.4, -0.2) is 52.2 Å². The zero-order valence-corrected chi connectivity index (χ0v) is 38.3. The van der Waals surface area contributed by atoms with Crippen molar-refractivity contribution in [3.8, 4) is 34.5 Å². The van der Waals surface area contributed by atoms with E-state index in [0.29, 0.717) is 44.5 Å². The molecule has 0 radical (unpaired) electrons. The van der Waals surface area contributed by atoms with Crippen LogP contribution < -0.4 is 28.4 Å². The summed E-state index contributed by atoms with van der Waals surface area (Å²) in [6, 6.07) is 12.7. The van der Waals surface area contributed by atoms with Crippen molar-refractivity contribution in [3.05, 3.63) is 36.4 Å². The second kappa shape index (κ2) is 28.5. The van der Waals surface area contributed by atoms with Gasteiger partial charge in [-0.1, -0.05) is 131 Å². The molecule has 0 saturated heterocycles. The number of rotatable bonds is 34. The van der Waals surface area contributed by atoms with E-state index in [1.807, 2.05) is 6.07 Å². The first-order valence-corrected chi connectivity index (χ1v) is 24.0. The summed E-state index contributed by atoms with van der Waals surface area (Å²) in [6.07, 6.45) is 22.2. The van der Waals surface area contributed by atoms with Crippen LogP contribution in [0.2, 0.25) is 0 Å². The number of esters is 1. The fourth-order valence-electron chi connectivity index (χ4n) is 7.59. The van der Waals surface area contributed by atoms with Crippen LogP contribution in [0, 0.1) is 0 Å². The molecule has 60 heavy (non-hydrogen) atoms. The fourth-order valence-corrected chi connectivity index (χ4v) is 7.59. The smallest absolute Gasteiger partial charge is 0.344 e. The lowest BCUT2D eigenvalue weighted by Crippen LogP contribution is -2.15. The molecular formula is C52H78O8. The van der Waals surface area contributed by atoms with Gasteiger partial charge in [-0.15, -0.1) is 0 Å². The topological polar surface area (TPSA) is 81.7 Å². The number of unbranched alkanes of at least 4 members (excludes halogenated alkanes) is 15. The molecular weight excluding hydrogens is 753 g/mol. The van der Waals surface area contributed by atoms with Crippen molar-refractivity contribution in [2.45, 2.75) is 170 Å². The van der Waals surface area contributed by atoms with Crippen LogP contribution in [0.1, 0.15) is 170 Å². The van der Waals surface area contributed by atoms with E-state index >= 15 is 0 Å². The van der Waals surface area contributed by atoms with Gasteiger partial charge < -0.3 is 33.2 Å². The minimum Gasteiger partial charge on any atom is -0.490 e. The molecule has 0 aliphatic heterocycles. The van der Waals surface area contributed by atoms with Crippen molar-refractivity contribution in [2.24, 2.45) is 0 Å². The number of carbonyl (C=O) groups is 1. The first-order valence-electron chi connectivity index (χ1n) is 24.0. The molecule has 8 heteroatoms. The minimum absolute atomic E-state index is 0.214. The highest BCUT2D eigenvalue weighted by atomic mass is 16.6. The largest absolute Gasteiger partial charge is 0.490 e. The lowest BCUT2D eigenvalue weighted by molar-refractivity contribution is -0.145. The van der Waals surface area contributed by atoms with Crippen molar-refractivity contribution < 1.29 is 38.0 Å². The van der Waals surface area contributed by atoms with Gasteiger partial charge in [-0.2, -0.15) is 0 Å². The Morgan fingerprint density at radius 1 is 0.333 bits per heavy atom. The van der Waals surface area contributed by atoms with E-state index < -0.39 is 5.97 Å². The van der Waals surface area contributed by atoms with E-state index in [0.717, 1.165) is 132 Å². The number of benzene rings is 4. The molecule has 8 nitrogen and oxygen atoms in total. The Balaban J connectivity index is 1.98. The summed E-state index contributed by atoms with van der Waals surface area (Å²) in [6.45, 7) is 16.0. The van der Waals surface area contributed by atoms with E-state index in [9.17, 15) is 4.79 Å². The lowest BCUT2D eigenvalue weighted by atomic mass is 9.93. The first kappa shape index (κ1) is 48.6. The predicted octanol–water partition coefficient (Wildman–Crippen LogP) is 14.9. The van der Waals surface area contributed by atoms with Gasteiger partial charge in [0.2, 0.25) is 0 Å². The highest BCUT2D eigenvalue weighted by Gasteiger charge is 2.21. The highest BCUT2D eigenvalue weighted by molar-refractivity contribution is 6.26. The van der Waals surface area contributed by atoms with Crippen LogP contribution in [0.5, 0.6) is 34.5 Å². The minimum atomic E-state index is -0.419. The van der Waals surface area contributed by atoms with Crippen molar-refractivity contribution in [1.29, 1.82) is 0 Å². The molecule has 0 saturated carbocycles. The Morgan fingerprint density at radius 3 is 0.783 bits per heavy atom. The molecule has 4 aromatic rings. The summed E-state index contributed by atoms with van der Waals surface area (Å²) in [5.41, 5.74) is 0. The van der Waals surface area contributed by atoms with Crippen LogP contribution in [0.3, 0.4) is 0 Å². The third-order valence-electron chi connectivity index (χ3n) is 11.1. The predicted molar refractivity (Wildman–Crippen MR) is 249 cm³/mol. The van der Waals surface area contributed by atoms with Gasteiger partial charge in [-0.05, 0) is 108 Å². The Bertz CT molecular complexity index is 1780. The van der Waals surface area contributed by atoms with Crippen LogP contribution in [0.4, 0.5) is 0 Å². The van der Waals surface area contributed by atoms with Gasteiger partial charge in [0.1, 0.15) is 0 Å². The molecule has 0 aliphatic carbocycles. The van der Waals surface area contributed by atoms with Gasteiger partial charge in [0, 0.05) is 0 Å². The van der Waals surface area contributed by atoms with Crippen LogP contribution >= 0.6 is 0 Å². The van der Waals surface area contributed by atoms with Crippen molar-refractivity contribution >= 4 is 38.3 Å². The van der Waals surface area contributed by atoms with Crippen LogP contribution in [0.15, 0.2) is 36.4 Å². The van der Waals surface area contributed by atoms with Gasteiger partial charge in [-0.25, -0.2) is 4.79 Å². The maximum Gasteiger partial charge on any atom is 0.344 e. The summed E-state index contributed by atoms with van der Waals surface area (Å²) < 4.78 is 44.4. The lowest BCUT2D eigenvalue weighted by Gasteiger charge is -2.20. The molecule has 0 heterocycles. The quantitative estimate of drug-likeness (QED) is 0.0262. The van der Waals surface area contributed by atoms with Gasteiger partial charge in [0.25, 0.3) is 0 Å². The van der Waals surface area contributed by atoms with Crippen molar-refractivity contribution in [1.82, 2.24) is 0 Å². The maximum atomic E-state index is 12.6. The molecule has 0 aliphatic rings. The number of ether oxygens (including phenoxy) is 7. The van der Waals surface area contributed by atoms with Crippen molar-refractivity contribution in [2.75, 3.05) is 46.2 Å². The summed E-state index contributed by atoms with van der Waals surface area (Å²) in [7, 11) is 0. The first-order chi connectivity index (χ1) is 29.5. The molecule has 0 unspecified atom stereocenters. The monoisotopic (exact) mass is 831 g/mol. The molecule has 0 aromatic heterocycles. The normalized spacial score (nSPS) is 11.4. The van der Waals surface area contributed by atoms with Crippen molar-refractivity contribution in [3.63, 3.8) is 0 Å². The van der Waals surface area contributed by atoms with E-state index in [1.54, 1.807) is 6.92 Å². The van der Waals surface area contributed by atoms with E-state index in [4.69, 9.17) is 33.2 Å². The third kappa shape index (κ3) is 15.4. The molecule has 334 valence electrons. The number of fused-ring (bicyclic) bond motifs is 6. The van der Waals surface area contributed by atoms with E-state index in [2.05, 4.69) is 65.0 Å². The van der Waals surface area contributed by atoms with E-state index in [-0.39, 0.29) is 13.2 Å². The average molecular weight is 831 g/mol. The van der Waals surface area contributed by atoms with Gasteiger partial charge in [0.05, 0.1) is 39.6 Å². The van der Waals surface area contributed by atoms with Gasteiger partial charge >= 0.3 is 5.97 Å². The fraction of sp³-hybridized carbons (Fsp3) is 0.635. The number of carbonyl (C=O) groups excluding carboxylic acids is 1. The van der Waals surface area contributed by atoms with Crippen LogP contribution in [-0.2, 0) is 9.53 Å². The second-order valence-electron chi connectivity index (χ2n) is 16.2. The molecule has 0 bridgehead atoms. The summed E-state index contributed by atoms with van der Waals surface area (Å²) in [4.78, 5) is 12.6. The summed E-state index contributed by atoms with van der Waals surface area (Å²) >= 11 is 0. The Morgan fingerprint density at radius 2 is 0.567 bits per heavy atom. The zero-order chi connectivity index (χ0) is 42.8. The van der Waals surface area contributed by atoms with Gasteiger partial charge in [-0.3, -0.25) is 0 Å². The second-order valence-corrected chi connectivity index (χ2v) is 16.2. The molecule has 0 spiro atoms. The molecule has 0 N–H and O–H groups in total. The molecule has 0 fully saturated rings. The summed E-state index contributed by atoms with van der Waals surface area (Å²) in [5, 5.41) is 6.04. The SMILES string of the molecule is CCCCCCOc1cc2c3cc(OCCCCCC)c(OCCCCCC)cc3c3cc(OCC(=O)OCC)c(OCCCCCC)cc3c2cc1OCCCCCC. The summed E-state index contributed by atoms with van der Waals surface area (Å²) in [5.74, 6) is 3.68. The van der Waals surface area contributed by atoms with Crippen LogP contribution in [0.25, 0.3) is 32.3 Å². The Labute approximate surface area is 362 Å². The maximum absolute atomic E-state index is 12.6. The number of hydrogen-bond acceptors (Lipinski definition) is 8. The number of hydrogen-bond donors (Lipinski definition) is 0. The van der Waals surface area contributed by atoms with Gasteiger partial charge in [0.15, 0.2) is 41.1 Å². The van der Waals surface area contributed by atoms with E-state index in [1.165, 1.54) is 51.4 Å². The molecule has 0 atom stereocenters. The molecule has 4 aromatic carbocycles. The average Bonchev–Trinajstić information content (AvgIpc) is 3.25. The zero-order valence-electron chi connectivity index (χ0n) is 38.3. The standard InChI is InChI=1S/C52H78O8/c1-7-13-18-23-28-55-46-33-40-41-34-47(56-29-24-19-14-8-2)49(58-31-26-21-16-10-4)36-43(41)45-38-51(60-39-52(53)54-12-6)50(59-32-27-22-17-11-5)37-44(45)42(40)35-48(46)57-30-25-20-15-9-3/h33-38H,7-32,39H2,1-6H3. The molecule has 0 amide bonds. The highest BCUT2D eigenvalue weighted by Crippen LogP contribution is 2.47. The Kier molecular flexibility index (Phi) is 23.0.